The van der Waals surface area contributed by atoms with Gasteiger partial charge in [0.2, 0.25) is 5.88 Å². The van der Waals surface area contributed by atoms with Crippen LogP contribution in [0.3, 0.4) is 0 Å². The molecule has 2 aliphatic rings. The van der Waals surface area contributed by atoms with E-state index in [0.717, 1.165) is 69.9 Å². The molecule has 11 heteroatoms. The van der Waals surface area contributed by atoms with Crippen molar-refractivity contribution >= 4 is 29.4 Å². The van der Waals surface area contributed by atoms with Crippen LogP contribution in [-0.4, -0.2) is 99.0 Å². The van der Waals surface area contributed by atoms with Crippen LogP contribution in [0.4, 0.5) is 4.79 Å². The van der Waals surface area contributed by atoms with Gasteiger partial charge in [-0.25, -0.2) is 14.8 Å². The van der Waals surface area contributed by atoms with Crippen LogP contribution < -0.4 is 11.1 Å². The number of nitrogens with one attached hydrogen (secondary N) is 1. The van der Waals surface area contributed by atoms with Gasteiger partial charge in [0.15, 0.2) is 5.96 Å². The van der Waals surface area contributed by atoms with Crippen molar-refractivity contribution in [3.05, 3.63) is 47.2 Å². The van der Waals surface area contributed by atoms with Crippen molar-refractivity contribution in [2.24, 2.45) is 21.6 Å². The first-order valence-electron chi connectivity index (χ1n) is 14.0. The fourth-order valence-corrected chi connectivity index (χ4v) is 4.61. The first-order valence-corrected chi connectivity index (χ1v) is 14.4. The van der Waals surface area contributed by atoms with Crippen LogP contribution in [-0.2, 0) is 9.47 Å². The number of carbonyl (C=O) groups is 1. The number of hydrogen-bond donors (Lipinski definition) is 2. The highest BCUT2D eigenvalue weighted by Crippen LogP contribution is 2.19. The van der Waals surface area contributed by atoms with Gasteiger partial charge < -0.3 is 30.3 Å². The van der Waals surface area contributed by atoms with Crippen LogP contribution in [0.2, 0.25) is 0 Å². The number of guanidine groups is 1. The number of halogens is 1. The number of hydrogen-bond acceptors (Lipinski definition) is 7. The van der Waals surface area contributed by atoms with Crippen molar-refractivity contribution in [2.45, 2.75) is 39.5 Å². The lowest BCUT2D eigenvalue weighted by Gasteiger charge is -2.32. The van der Waals surface area contributed by atoms with E-state index in [4.69, 9.17) is 33.2 Å². The summed E-state index contributed by atoms with van der Waals surface area (Å²) in [5.74, 6) is 4.17. The summed E-state index contributed by atoms with van der Waals surface area (Å²) in [7, 11) is 3.66. The van der Waals surface area contributed by atoms with E-state index in [1.54, 1.807) is 20.2 Å². The van der Waals surface area contributed by atoms with E-state index in [1.807, 2.05) is 12.2 Å². The van der Waals surface area contributed by atoms with Crippen LogP contribution in [0.5, 0.6) is 0 Å². The Bertz CT molecular complexity index is 1070. The molecule has 226 valence electrons. The first-order chi connectivity index (χ1) is 19.6. The number of aliphatic imine (C=N–C) groups is 2. The van der Waals surface area contributed by atoms with E-state index < -0.39 is 0 Å². The molecule has 0 saturated carbocycles. The molecule has 3 N–H and O–H groups in total. The number of piperazine rings is 1. The Balaban J connectivity index is 2.01. The second kappa shape index (κ2) is 18.2. The number of terminal acetylenes is 1. The number of amides is 1. The van der Waals surface area contributed by atoms with Gasteiger partial charge in [-0.05, 0) is 65.4 Å². The Morgan fingerprint density at radius 3 is 2.54 bits per heavy atom. The normalized spacial score (nSPS) is 19.1. The Morgan fingerprint density at radius 1 is 1.22 bits per heavy atom. The third-order valence-corrected chi connectivity index (χ3v) is 7.09. The summed E-state index contributed by atoms with van der Waals surface area (Å²) in [5.41, 5.74) is 8.06. The zero-order chi connectivity index (χ0) is 30.2. The number of allylic oxidation sites excluding steroid dienone is 4. The van der Waals surface area contributed by atoms with Crippen molar-refractivity contribution in [1.29, 1.82) is 0 Å². The molecule has 0 spiro atoms. The van der Waals surface area contributed by atoms with Gasteiger partial charge in [-0.15, -0.1) is 12.3 Å². The molecule has 0 bridgehead atoms. The molecular weight excluding hydrogens is 542 g/mol. The molecule has 2 saturated heterocycles. The zero-order valence-electron chi connectivity index (χ0n) is 25.0. The quantitative estimate of drug-likeness (QED) is 0.154. The molecule has 1 amide bonds. The predicted molar refractivity (Wildman–Crippen MR) is 167 cm³/mol. The minimum absolute atomic E-state index is 0.240. The summed E-state index contributed by atoms with van der Waals surface area (Å²) in [5, 5.41) is 3.07. The molecule has 0 unspecified atom stereocenters. The maximum Gasteiger partial charge on any atom is 0.406 e. The maximum absolute atomic E-state index is 11.3. The number of carbonyl (C=O) groups excluding carboxylic acids is 1. The van der Waals surface area contributed by atoms with Crippen LogP contribution in [0.1, 0.15) is 39.5 Å². The van der Waals surface area contributed by atoms with Crippen molar-refractivity contribution in [3.63, 3.8) is 0 Å². The molecular formula is C30H46ClN7O3. The monoisotopic (exact) mass is 587 g/mol. The lowest BCUT2D eigenvalue weighted by Crippen LogP contribution is -2.49. The predicted octanol–water partition coefficient (Wildman–Crippen LogP) is 3.89. The molecule has 0 aromatic rings. The minimum Gasteiger partial charge on any atom is -0.449 e. The van der Waals surface area contributed by atoms with Gasteiger partial charge in [0.05, 0.1) is 12.8 Å². The lowest BCUT2D eigenvalue weighted by atomic mass is 9.97. The number of ether oxygens (including phenoxy) is 2. The molecule has 0 aromatic carbocycles. The number of alkyl carbamates (subject to hydrolysis) is 1. The first kappa shape index (κ1) is 33.9. The molecule has 2 fully saturated rings. The highest BCUT2D eigenvalue weighted by molar-refractivity contribution is 6.29. The van der Waals surface area contributed by atoms with Gasteiger partial charge in [0.1, 0.15) is 5.76 Å². The van der Waals surface area contributed by atoms with Crippen LogP contribution >= 0.6 is 11.6 Å². The highest BCUT2D eigenvalue weighted by atomic mass is 35.5. The number of piperidine rings is 1. The van der Waals surface area contributed by atoms with Crippen molar-refractivity contribution < 1.29 is 14.3 Å². The van der Waals surface area contributed by atoms with Crippen LogP contribution in [0, 0.1) is 18.3 Å². The number of likely N-dealkylation sites (tertiary alicyclic amines) is 1. The van der Waals surface area contributed by atoms with E-state index in [1.165, 1.54) is 0 Å². The van der Waals surface area contributed by atoms with Crippen LogP contribution in [0.15, 0.2) is 57.2 Å². The molecule has 41 heavy (non-hydrogen) atoms. The van der Waals surface area contributed by atoms with Gasteiger partial charge in [-0.2, -0.15) is 0 Å². The number of likely N-dealkylation sites (N-methyl/N-ethyl adjacent to an activating group) is 1. The Morgan fingerprint density at radius 2 is 1.90 bits per heavy atom. The summed E-state index contributed by atoms with van der Waals surface area (Å²) in [6, 6.07) is 0. The third kappa shape index (κ3) is 13.8. The summed E-state index contributed by atoms with van der Waals surface area (Å²) < 4.78 is 11.0. The molecule has 2 aliphatic heterocycles. The zero-order valence-corrected chi connectivity index (χ0v) is 25.8. The summed E-state index contributed by atoms with van der Waals surface area (Å²) >= 11 is 6.25. The SMILES string of the molecule is C#CC/C(Cl)=C\CC(/C=C(\C)CN1CCC(COC(=O)NC)CC1)=N/C(=C)O/C(C)=C/N=C(N)N1CCN(C)CC1. The van der Waals surface area contributed by atoms with Gasteiger partial charge >= 0.3 is 6.09 Å². The number of rotatable bonds is 12. The lowest BCUT2D eigenvalue weighted by molar-refractivity contribution is 0.100. The molecule has 2 rings (SSSR count). The number of nitrogens with two attached hydrogens (primary N) is 1. The smallest absolute Gasteiger partial charge is 0.406 e. The van der Waals surface area contributed by atoms with Crippen molar-refractivity contribution in [3.8, 4) is 12.3 Å². The second-order valence-electron chi connectivity index (χ2n) is 10.4. The van der Waals surface area contributed by atoms with Gasteiger partial charge in [-0.1, -0.05) is 23.3 Å². The summed E-state index contributed by atoms with van der Waals surface area (Å²) in [4.78, 5) is 27.0. The van der Waals surface area contributed by atoms with Gasteiger partial charge in [0, 0.05) is 63.4 Å². The molecule has 0 radical (unpaired) electrons. The summed E-state index contributed by atoms with van der Waals surface area (Å²) in [6.45, 7) is 14.5. The van der Waals surface area contributed by atoms with Gasteiger partial charge in [-0.3, -0.25) is 4.90 Å². The fraction of sp³-hybridized carbons (Fsp3) is 0.567. The van der Waals surface area contributed by atoms with Crippen molar-refractivity contribution in [1.82, 2.24) is 20.0 Å². The van der Waals surface area contributed by atoms with Crippen molar-refractivity contribution in [2.75, 3.05) is 66.5 Å². The Kier molecular flexibility index (Phi) is 15.1. The maximum atomic E-state index is 11.3. The number of nitrogens with zero attached hydrogens (tertiary/aromatic N) is 5. The Labute approximate surface area is 250 Å². The summed E-state index contributed by atoms with van der Waals surface area (Å²) in [6.07, 6.45) is 13.3. The topological polar surface area (TPSA) is 108 Å². The standard InChI is InChI=1S/C30H46ClN7O3/c1-7-8-27(31)9-10-28(19-23(2)21-37-13-11-26(12-14-37)22-40-30(39)33-5)35-25(4)41-24(3)20-34-29(32)38-17-15-36(6)16-18-38/h1,9,19-20,26H,4,8,10-18,21-22H2,2-3,5-6H3,(H2,32,34)(H,33,39)/b23-19+,24-20+,27-9+,35-28-. The van der Waals surface area contributed by atoms with E-state index in [-0.39, 0.29) is 12.0 Å². The van der Waals surface area contributed by atoms with Crippen LogP contribution in [0.25, 0.3) is 0 Å². The third-order valence-electron chi connectivity index (χ3n) is 6.80. The second-order valence-corrected chi connectivity index (χ2v) is 10.9. The molecule has 0 aromatic heterocycles. The minimum atomic E-state index is -0.381. The molecule has 2 heterocycles. The largest absolute Gasteiger partial charge is 0.449 e. The fourth-order valence-electron chi connectivity index (χ4n) is 4.45. The van der Waals surface area contributed by atoms with E-state index >= 15 is 0 Å². The average Bonchev–Trinajstić information content (AvgIpc) is 2.94. The average molecular weight is 588 g/mol. The highest BCUT2D eigenvalue weighted by Gasteiger charge is 2.20. The van der Waals surface area contributed by atoms with E-state index in [9.17, 15) is 4.79 Å². The van der Waals surface area contributed by atoms with E-state index in [0.29, 0.717) is 42.1 Å². The molecule has 10 nitrogen and oxygen atoms in total. The Hall–Kier alpha value is -3.26. The molecule has 0 aliphatic carbocycles. The van der Waals surface area contributed by atoms with Gasteiger partial charge in [0.25, 0.3) is 0 Å². The molecule has 0 atom stereocenters. The van der Waals surface area contributed by atoms with E-state index in [2.05, 4.69) is 56.5 Å².